The molecule has 2 N–H and O–H groups in total. The van der Waals surface area contributed by atoms with E-state index in [9.17, 15) is 4.79 Å². The maximum Gasteiger partial charge on any atom is 0.276 e. The highest BCUT2D eigenvalue weighted by atomic mass is 35.5. The molecule has 1 aliphatic carbocycles. The number of halogens is 1. The van der Waals surface area contributed by atoms with E-state index in [0.717, 1.165) is 23.9 Å². The van der Waals surface area contributed by atoms with Gasteiger partial charge in [-0.3, -0.25) is 4.79 Å². The van der Waals surface area contributed by atoms with Gasteiger partial charge in [-0.05, 0) is 48.6 Å². The molecule has 2 aromatic heterocycles. The molecule has 138 valence electrons. The molecule has 4 rings (SSSR count). The van der Waals surface area contributed by atoms with Crippen LogP contribution < -0.4 is 5.32 Å². The van der Waals surface area contributed by atoms with Crippen LogP contribution in [0.5, 0.6) is 0 Å². The van der Waals surface area contributed by atoms with E-state index in [1.807, 2.05) is 30.5 Å². The predicted octanol–water partition coefficient (Wildman–Crippen LogP) is 4.49. The number of nitrogens with one attached hydrogen (secondary N) is 2. The lowest BCUT2D eigenvalue weighted by molar-refractivity contribution is 0.100. The molecule has 0 radical (unpaired) electrons. The Kier molecular flexibility index (Phi) is 4.90. The molecule has 0 bridgehead atoms. The lowest BCUT2D eigenvalue weighted by atomic mass is 9.85. The summed E-state index contributed by atoms with van der Waals surface area (Å²) in [6.45, 7) is 2.12. The number of aromatic amines is 1. The lowest BCUT2D eigenvalue weighted by Crippen LogP contribution is -2.32. The first-order chi connectivity index (χ1) is 13.1. The number of carbonyl (C=O) groups excluding carboxylic acids is 1. The number of aromatic nitrogens is 3. The Balaban J connectivity index is 1.54. The molecule has 1 saturated carbocycles. The van der Waals surface area contributed by atoms with Crippen LogP contribution in [-0.4, -0.2) is 32.6 Å². The Hall–Kier alpha value is -2.73. The summed E-state index contributed by atoms with van der Waals surface area (Å²) in [6, 6.07) is 11.2. The molecule has 0 unspecified atom stereocenters. The fraction of sp³-hybridized carbons (Fsp3) is 0.300. The molecule has 1 aliphatic rings. The number of aliphatic imine (C=N–C) groups is 1. The molecule has 2 heterocycles. The molecule has 2 atom stereocenters. The Morgan fingerprint density at radius 1 is 1.22 bits per heavy atom. The molecule has 27 heavy (non-hydrogen) atoms. The lowest BCUT2D eigenvalue weighted by Gasteiger charge is -2.29. The number of hydrogen-bond donors (Lipinski definition) is 2. The Morgan fingerprint density at radius 2 is 2.04 bits per heavy atom. The van der Waals surface area contributed by atoms with Crippen molar-refractivity contribution in [3.8, 4) is 0 Å². The van der Waals surface area contributed by atoms with Crippen molar-refractivity contribution in [3.05, 3.63) is 53.4 Å². The quantitative estimate of drug-likeness (QED) is 0.654. The normalized spacial score (nSPS) is 21.5. The van der Waals surface area contributed by atoms with Crippen LogP contribution in [0, 0.1) is 5.92 Å². The van der Waals surface area contributed by atoms with E-state index in [2.05, 4.69) is 32.2 Å². The molecule has 1 aromatic carbocycles. The maximum atomic E-state index is 12.5. The summed E-state index contributed by atoms with van der Waals surface area (Å²) in [7, 11) is 0. The van der Waals surface area contributed by atoms with Crippen LogP contribution in [0.25, 0.3) is 11.0 Å². The Bertz CT molecular complexity index is 998. The van der Waals surface area contributed by atoms with Crippen molar-refractivity contribution in [2.75, 3.05) is 5.32 Å². The Labute approximate surface area is 162 Å². The van der Waals surface area contributed by atoms with Gasteiger partial charge in [0.1, 0.15) is 11.5 Å². The second-order valence-corrected chi connectivity index (χ2v) is 7.22. The van der Waals surface area contributed by atoms with E-state index < -0.39 is 0 Å². The summed E-state index contributed by atoms with van der Waals surface area (Å²) in [6.07, 6.45) is 4.46. The van der Waals surface area contributed by atoms with Crippen molar-refractivity contribution < 1.29 is 4.79 Å². The van der Waals surface area contributed by atoms with Gasteiger partial charge < -0.3 is 10.3 Å². The van der Waals surface area contributed by atoms with Crippen LogP contribution in [-0.2, 0) is 0 Å². The molecule has 1 fully saturated rings. The van der Waals surface area contributed by atoms with Gasteiger partial charge in [-0.25, -0.2) is 9.98 Å². The van der Waals surface area contributed by atoms with E-state index in [0.29, 0.717) is 23.4 Å². The minimum absolute atomic E-state index is 0.146. The number of anilines is 1. The average molecular weight is 382 g/mol. The van der Waals surface area contributed by atoms with Crippen molar-refractivity contribution in [1.82, 2.24) is 15.0 Å². The van der Waals surface area contributed by atoms with Crippen LogP contribution in [0.2, 0.25) is 5.28 Å². The van der Waals surface area contributed by atoms with Gasteiger partial charge in [0.25, 0.3) is 5.91 Å². The standard InChI is InChI=1S/C20H20ClN5O/c1-12-7-8-14(11-16(12)24-19(27)13-5-3-2-4-6-13)23-18-15-9-10-22-17(15)25-20(21)26-18/h2-6,9-10,12,14H,7-8,11H2,1H3,(H2,22,23,25,26)/t12-,14+/m0/s1. The fourth-order valence-corrected chi connectivity index (χ4v) is 3.61. The second-order valence-electron chi connectivity index (χ2n) is 6.88. The number of carbonyl (C=O) groups is 1. The highest BCUT2D eigenvalue weighted by Crippen LogP contribution is 2.28. The second kappa shape index (κ2) is 7.48. The smallest absolute Gasteiger partial charge is 0.276 e. The first kappa shape index (κ1) is 17.7. The zero-order valence-corrected chi connectivity index (χ0v) is 15.7. The molecule has 3 aromatic rings. The third-order valence-electron chi connectivity index (χ3n) is 4.97. The van der Waals surface area contributed by atoms with E-state index in [-0.39, 0.29) is 23.2 Å². The van der Waals surface area contributed by atoms with Gasteiger partial charge in [0.05, 0.1) is 5.39 Å². The Morgan fingerprint density at radius 3 is 2.85 bits per heavy atom. The van der Waals surface area contributed by atoms with Crippen molar-refractivity contribution >= 4 is 40.1 Å². The minimum Gasteiger partial charge on any atom is -0.366 e. The molecule has 0 spiro atoms. The van der Waals surface area contributed by atoms with Crippen LogP contribution in [0.3, 0.4) is 0 Å². The summed E-state index contributed by atoms with van der Waals surface area (Å²) in [4.78, 5) is 28.5. The van der Waals surface area contributed by atoms with Crippen LogP contribution in [0.4, 0.5) is 5.82 Å². The van der Waals surface area contributed by atoms with E-state index in [1.54, 1.807) is 12.1 Å². The van der Waals surface area contributed by atoms with Gasteiger partial charge in [0.15, 0.2) is 0 Å². The number of fused-ring (bicyclic) bond motifs is 1. The summed E-state index contributed by atoms with van der Waals surface area (Å²) in [5.41, 5.74) is 2.25. The SMILES string of the molecule is C[C@H]1CC[C@@H](Nc2nc(Cl)nc3[nH]ccc23)CC1=NC(=O)c1ccccc1. The number of hydrogen-bond acceptors (Lipinski definition) is 4. The predicted molar refractivity (Wildman–Crippen MR) is 108 cm³/mol. The first-order valence-corrected chi connectivity index (χ1v) is 9.42. The minimum atomic E-state index is -0.184. The third kappa shape index (κ3) is 3.85. The molecule has 0 saturated heterocycles. The zero-order chi connectivity index (χ0) is 18.8. The molecule has 0 aliphatic heterocycles. The molecular weight excluding hydrogens is 362 g/mol. The summed E-state index contributed by atoms with van der Waals surface area (Å²) >= 11 is 6.04. The molecule has 6 nitrogen and oxygen atoms in total. The third-order valence-corrected chi connectivity index (χ3v) is 5.14. The maximum absolute atomic E-state index is 12.5. The highest BCUT2D eigenvalue weighted by molar-refractivity contribution is 6.28. The van der Waals surface area contributed by atoms with Gasteiger partial charge in [0, 0.05) is 29.9 Å². The summed E-state index contributed by atoms with van der Waals surface area (Å²) < 4.78 is 0. The van der Waals surface area contributed by atoms with Crippen molar-refractivity contribution in [2.45, 2.75) is 32.2 Å². The molecule has 7 heteroatoms. The van der Waals surface area contributed by atoms with Crippen LogP contribution in [0.1, 0.15) is 36.5 Å². The van der Waals surface area contributed by atoms with E-state index in [4.69, 9.17) is 11.6 Å². The number of benzene rings is 1. The van der Waals surface area contributed by atoms with Crippen LogP contribution >= 0.6 is 11.6 Å². The number of rotatable bonds is 3. The van der Waals surface area contributed by atoms with Crippen molar-refractivity contribution in [3.63, 3.8) is 0 Å². The van der Waals surface area contributed by atoms with Gasteiger partial charge in [-0.15, -0.1) is 0 Å². The fourth-order valence-electron chi connectivity index (χ4n) is 3.45. The zero-order valence-electron chi connectivity index (χ0n) is 14.9. The summed E-state index contributed by atoms with van der Waals surface area (Å²) in [5.74, 6) is 0.813. The van der Waals surface area contributed by atoms with Crippen LogP contribution in [0.15, 0.2) is 47.6 Å². The number of amides is 1. The van der Waals surface area contributed by atoms with E-state index in [1.165, 1.54) is 0 Å². The van der Waals surface area contributed by atoms with Gasteiger partial charge in [-0.2, -0.15) is 4.98 Å². The monoisotopic (exact) mass is 381 g/mol. The average Bonchev–Trinajstić information content (AvgIpc) is 3.13. The highest BCUT2D eigenvalue weighted by Gasteiger charge is 2.26. The van der Waals surface area contributed by atoms with Gasteiger partial charge in [-0.1, -0.05) is 25.1 Å². The molecular formula is C20H20ClN5O. The van der Waals surface area contributed by atoms with Gasteiger partial charge >= 0.3 is 0 Å². The summed E-state index contributed by atoms with van der Waals surface area (Å²) in [5, 5.41) is 4.57. The number of H-pyrrole nitrogens is 1. The first-order valence-electron chi connectivity index (χ1n) is 9.04. The largest absolute Gasteiger partial charge is 0.366 e. The van der Waals surface area contributed by atoms with Gasteiger partial charge in [0.2, 0.25) is 5.28 Å². The van der Waals surface area contributed by atoms with Crippen molar-refractivity contribution in [2.24, 2.45) is 10.9 Å². The van der Waals surface area contributed by atoms with Crippen molar-refractivity contribution in [1.29, 1.82) is 0 Å². The number of nitrogens with zero attached hydrogens (tertiary/aromatic N) is 3. The topological polar surface area (TPSA) is 83.0 Å². The van der Waals surface area contributed by atoms with E-state index >= 15 is 0 Å². The molecule has 1 amide bonds.